The predicted octanol–water partition coefficient (Wildman–Crippen LogP) is 4.05. The molecule has 2 aromatic rings. The number of nitrogens with one attached hydrogen (secondary N) is 1. The summed E-state index contributed by atoms with van der Waals surface area (Å²) in [5, 5.41) is 3.96. The number of amidine groups is 1. The van der Waals surface area contributed by atoms with Gasteiger partial charge in [-0.3, -0.25) is 4.79 Å². The van der Waals surface area contributed by atoms with Gasteiger partial charge in [-0.2, -0.15) is 0 Å². The molecule has 0 atom stereocenters. The van der Waals surface area contributed by atoms with Crippen LogP contribution in [0.5, 0.6) is 0 Å². The van der Waals surface area contributed by atoms with Gasteiger partial charge < -0.3 is 9.88 Å². The van der Waals surface area contributed by atoms with Crippen molar-refractivity contribution in [3.8, 4) is 0 Å². The smallest absolute Gasteiger partial charge is 0.264 e. The average Bonchev–Trinajstić information content (AvgIpc) is 3.06. The summed E-state index contributed by atoms with van der Waals surface area (Å²) in [6.07, 6.45) is 3.87. The lowest BCUT2D eigenvalue weighted by Gasteiger charge is -2.01. The third-order valence-electron chi connectivity index (χ3n) is 3.17. The summed E-state index contributed by atoms with van der Waals surface area (Å²) in [6.45, 7) is 2.93. The van der Waals surface area contributed by atoms with Gasteiger partial charge in [-0.15, -0.1) is 0 Å². The van der Waals surface area contributed by atoms with Crippen LogP contribution in [-0.2, 0) is 11.3 Å². The molecule has 1 amide bonds. The molecule has 0 radical (unpaired) electrons. The molecular weight excluding hydrogens is 318 g/mol. The van der Waals surface area contributed by atoms with Crippen molar-refractivity contribution in [2.45, 2.75) is 13.5 Å². The Morgan fingerprint density at radius 1 is 1.36 bits per heavy atom. The summed E-state index contributed by atoms with van der Waals surface area (Å²) in [7, 11) is 0. The first kappa shape index (κ1) is 14.9. The van der Waals surface area contributed by atoms with E-state index in [1.165, 1.54) is 11.8 Å². The minimum Gasteiger partial charge on any atom is -0.348 e. The van der Waals surface area contributed by atoms with Crippen molar-refractivity contribution in [3.63, 3.8) is 0 Å². The molecule has 1 N–H and O–H groups in total. The first-order valence-electron chi connectivity index (χ1n) is 6.86. The molecule has 1 aliphatic rings. The molecule has 0 unspecified atom stereocenters. The number of carbonyl (C=O) groups is 1. The lowest BCUT2D eigenvalue weighted by molar-refractivity contribution is -0.115. The fraction of sp³-hybridized carbons (Fsp3) is 0.125. The monoisotopic (exact) mass is 331 g/mol. The van der Waals surface area contributed by atoms with Gasteiger partial charge in [-0.05, 0) is 55.1 Å². The minimum absolute atomic E-state index is 0.130. The normalized spacial score (nSPS) is 18.2. The lowest BCUT2D eigenvalue weighted by atomic mass is 10.3. The van der Waals surface area contributed by atoms with E-state index in [1.807, 2.05) is 36.5 Å². The molecule has 0 aliphatic carbocycles. The van der Waals surface area contributed by atoms with Crippen LogP contribution in [0.1, 0.15) is 12.6 Å². The van der Waals surface area contributed by atoms with Gasteiger partial charge in [0, 0.05) is 23.5 Å². The molecule has 1 fully saturated rings. The standard InChI is InChI=1S/C16H14ClN3OS/c1-2-20-8-4-7-13(20)10-14-15(21)19-16(22-14)18-12-6-3-5-11(17)9-12/h3-10H,2H2,1H3,(H,18,19,21)/b14-10-. The Balaban J connectivity index is 1.84. The number of aromatic nitrogens is 1. The predicted molar refractivity (Wildman–Crippen MR) is 92.4 cm³/mol. The number of hydrogen-bond acceptors (Lipinski definition) is 3. The molecule has 3 rings (SSSR count). The first-order chi connectivity index (χ1) is 10.7. The zero-order valence-electron chi connectivity index (χ0n) is 11.9. The highest BCUT2D eigenvalue weighted by Gasteiger charge is 2.24. The van der Waals surface area contributed by atoms with Crippen molar-refractivity contribution < 1.29 is 4.79 Å². The summed E-state index contributed by atoms with van der Waals surface area (Å²) in [5.41, 5.74) is 1.72. The van der Waals surface area contributed by atoms with Crippen molar-refractivity contribution in [2.75, 3.05) is 0 Å². The third kappa shape index (κ3) is 3.26. The molecule has 6 heteroatoms. The van der Waals surface area contributed by atoms with Crippen LogP contribution in [0.2, 0.25) is 5.02 Å². The van der Waals surface area contributed by atoms with E-state index in [2.05, 4.69) is 21.8 Å². The van der Waals surface area contributed by atoms with Crippen LogP contribution in [0, 0.1) is 0 Å². The molecular formula is C16H14ClN3OS. The van der Waals surface area contributed by atoms with Gasteiger partial charge in [0.1, 0.15) is 0 Å². The van der Waals surface area contributed by atoms with E-state index in [-0.39, 0.29) is 5.91 Å². The maximum absolute atomic E-state index is 12.1. The highest BCUT2D eigenvalue weighted by Crippen LogP contribution is 2.28. The second kappa shape index (κ2) is 6.42. The van der Waals surface area contributed by atoms with Gasteiger partial charge >= 0.3 is 0 Å². The zero-order chi connectivity index (χ0) is 15.5. The van der Waals surface area contributed by atoms with Crippen LogP contribution in [0.15, 0.2) is 52.5 Å². The van der Waals surface area contributed by atoms with E-state index in [0.29, 0.717) is 20.8 Å². The molecule has 1 aromatic heterocycles. The topological polar surface area (TPSA) is 46.4 Å². The second-order valence-electron chi connectivity index (χ2n) is 4.68. The Morgan fingerprint density at radius 3 is 3.00 bits per heavy atom. The fourth-order valence-electron chi connectivity index (χ4n) is 2.12. The highest BCUT2D eigenvalue weighted by molar-refractivity contribution is 8.18. The van der Waals surface area contributed by atoms with Gasteiger partial charge in [0.25, 0.3) is 5.91 Å². The molecule has 1 saturated heterocycles. The molecule has 0 bridgehead atoms. The number of nitrogens with zero attached hydrogens (tertiary/aromatic N) is 2. The van der Waals surface area contributed by atoms with Crippen molar-refractivity contribution in [2.24, 2.45) is 4.99 Å². The van der Waals surface area contributed by atoms with Crippen molar-refractivity contribution >= 4 is 46.2 Å². The Labute approximate surface area is 137 Å². The Morgan fingerprint density at radius 2 is 2.23 bits per heavy atom. The number of thioether (sulfide) groups is 1. The van der Waals surface area contributed by atoms with Crippen LogP contribution >= 0.6 is 23.4 Å². The van der Waals surface area contributed by atoms with E-state index >= 15 is 0 Å². The SMILES string of the molecule is CCn1cccc1/C=C1\SC(=Nc2cccc(Cl)c2)NC1=O. The van der Waals surface area contributed by atoms with Gasteiger partial charge in [0.05, 0.1) is 10.6 Å². The van der Waals surface area contributed by atoms with Crippen LogP contribution in [0.25, 0.3) is 6.08 Å². The molecule has 1 aliphatic heterocycles. The summed E-state index contributed by atoms with van der Waals surface area (Å²) < 4.78 is 2.08. The maximum Gasteiger partial charge on any atom is 0.264 e. The summed E-state index contributed by atoms with van der Waals surface area (Å²) in [6, 6.07) is 11.2. The van der Waals surface area contributed by atoms with Crippen LogP contribution in [0.4, 0.5) is 5.69 Å². The lowest BCUT2D eigenvalue weighted by Crippen LogP contribution is -2.19. The molecule has 1 aromatic carbocycles. The molecule has 112 valence electrons. The van der Waals surface area contributed by atoms with Crippen molar-refractivity contribution in [3.05, 3.63) is 58.2 Å². The molecule has 4 nitrogen and oxygen atoms in total. The molecule has 22 heavy (non-hydrogen) atoms. The Kier molecular flexibility index (Phi) is 4.36. The largest absolute Gasteiger partial charge is 0.348 e. The highest BCUT2D eigenvalue weighted by atomic mass is 35.5. The zero-order valence-corrected chi connectivity index (χ0v) is 13.5. The van der Waals surface area contributed by atoms with E-state index < -0.39 is 0 Å². The molecule has 0 spiro atoms. The third-order valence-corrected chi connectivity index (χ3v) is 4.32. The number of halogens is 1. The minimum atomic E-state index is -0.130. The van der Waals surface area contributed by atoms with Crippen LogP contribution < -0.4 is 5.32 Å². The summed E-state index contributed by atoms with van der Waals surface area (Å²) in [5.74, 6) is -0.130. The summed E-state index contributed by atoms with van der Waals surface area (Å²) >= 11 is 7.27. The Hall–Kier alpha value is -1.98. The number of aliphatic imine (C=N–C) groups is 1. The summed E-state index contributed by atoms with van der Waals surface area (Å²) in [4.78, 5) is 17.1. The van der Waals surface area contributed by atoms with E-state index in [0.717, 1.165) is 12.2 Å². The number of hydrogen-bond donors (Lipinski definition) is 1. The number of carbonyl (C=O) groups excluding carboxylic acids is 1. The van der Waals surface area contributed by atoms with Crippen molar-refractivity contribution in [1.82, 2.24) is 9.88 Å². The molecule has 0 saturated carbocycles. The Bertz CT molecular complexity index is 779. The average molecular weight is 332 g/mol. The van der Waals surface area contributed by atoms with Gasteiger partial charge in [0.15, 0.2) is 5.17 Å². The first-order valence-corrected chi connectivity index (χ1v) is 8.05. The maximum atomic E-state index is 12.1. The second-order valence-corrected chi connectivity index (χ2v) is 6.15. The number of rotatable bonds is 3. The van der Waals surface area contributed by atoms with Gasteiger partial charge in [-0.1, -0.05) is 17.7 Å². The van der Waals surface area contributed by atoms with Gasteiger partial charge in [0.2, 0.25) is 0 Å². The number of benzene rings is 1. The number of amides is 1. The molecule has 2 heterocycles. The van der Waals surface area contributed by atoms with E-state index in [1.54, 1.807) is 12.1 Å². The fourth-order valence-corrected chi connectivity index (χ4v) is 3.14. The van der Waals surface area contributed by atoms with Gasteiger partial charge in [-0.25, -0.2) is 4.99 Å². The quantitative estimate of drug-likeness (QED) is 0.862. The van der Waals surface area contributed by atoms with Crippen LogP contribution in [0.3, 0.4) is 0 Å². The van der Waals surface area contributed by atoms with Crippen molar-refractivity contribution in [1.29, 1.82) is 0 Å². The van der Waals surface area contributed by atoms with E-state index in [9.17, 15) is 4.79 Å². The number of aryl methyl sites for hydroxylation is 1. The van der Waals surface area contributed by atoms with E-state index in [4.69, 9.17) is 11.6 Å². The van der Waals surface area contributed by atoms with Crippen LogP contribution in [-0.4, -0.2) is 15.6 Å².